The minimum absolute atomic E-state index is 0.0421. The Hall–Kier alpha value is -3.82. The van der Waals surface area contributed by atoms with Gasteiger partial charge in [0.15, 0.2) is 11.5 Å². The molecule has 0 bridgehead atoms. The van der Waals surface area contributed by atoms with Gasteiger partial charge in [0.25, 0.3) is 5.91 Å². The molecule has 1 N–H and O–H groups in total. The number of nitrogens with zero attached hydrogens (tertiary/aromatic N) is 4. The molecule has 3 heterocycles. The van der Waals surface area contributed by atoms with Crippen LogP contribution in [0.25, 0.3) is 5.65 Å². The van der Waals surface area contributed by atoms with Gasteiger partial charge in [-0.1, -0.05) is 44.2 Å². The molecule has 0 unspecified atom stereocenters. The van der Waals surface area contributed by atoms with Crippen molar-refractivity contribution in [2.24, 2.45) is 5.92 Å². The quantitative estimate of drug-likeness (QED) is 0.392. The van der Waals surface area contributed by atoms with Gasteiger partial charge in [0.05, 0.1) is 37.8 Å². The minimum Gasteiger partial charge on any atom is -0.497 e. The summed E-state index contributed by atoms with van der Waals surface area (Å²) in [6, 6.07) is 16.8. The van der Waals surface area contributed by atoms with Crippen LogP contribution in [0, 0.1) is 5.92 Å². The van der Waals surface area contributed by atoms with Crippen LogP contribution in [-0.4, -0.2) is 44.8 Å². The van der Waals surface area contributed by atoms with Crippen molar-refractivity contribution < 1.29 is 19.0 Å². The monoisotopic (exact) mass is 487 g/mol. The molecule has 4 aromatic rings. The lowest BCUT2D eigenvalue weighted by atomic mass is 9.95. The first-order chi connectivity index (χ1) is 17.6. The Morgan fingerprint density at radius 3 is 2.61 bits per heavy atom. The highest BCUT2D eigenvalue weighted by atomic mass is 16.6. The van der Waals surface area contributed by atoms with E-state index in [9.17, 15) is 4.79 Å². The van der Waals surface area contributed by atoms with Gasteiger partial charge in [0.1, 0.15) is 18.2 Å². The number of amides is 1. The number of benzene rings is 2. The van der Waals surface area contributed by atoms with Gasteiger partial charge in [-0.2, -0.15) is 5.10 Å². The van der Waals surface area contributed by atoms with Crippen molar-refractivity contribution in [1.82, 2.24) is 19.6 Å². The summed E-state index contributed by atoms with van der Waals surface area (Å²) in [7, 11) is 1.65. The third kappa shape index (κ3) is 4.67. The standard InChI is InChI=1S/C27H29N5O4/c1-4-22-17(2)23(35-15-18-10-12-20(34-3)13-11-18)24(36-22)21-14-28-26-25(29-16-30-32(21)26)31-27(33)19-8-6-5-7-9-19/h5-14,16-17,22-24H,4,15H2,1-3H3,(H,29,30,31,33)/t17-,22-,23-,24+/m1/s1. The van der Waals surface area contributed by atoms with E-state index in [4.69, 9.17) is 14.2 Å². The summed E-state index contributed by atoms with van der Waals surface area (Å²) in [6.45, 7) is 4.70. The van der Waals surface area contributed by atoms with Crippen LogP contribution in [0.4, 0.5) is 5.82 Å². The summed E-state index contributed by atoms with van der Waals surface area (Å²) < 4.78 is 19.8. The summed E-state index contributed by atoms with van der Waals surface area (Å²) in [4.78, 5) is 21.5. The van der Waals surface area contributed by atoms with Crippen LogP contribution in [0.5, 0.6) is 5.75 Å². The molecule has 0 saturated carbocycles. The number of nitrogens with one attached hydrogen (secondary N) is 1. The Kier molecular flexibility index (Phi) is 6.92. The van der Waals surface area contributed by atoms with Crippen LogP contribution in [0.15, 0.2) is 67.1 Å². The number of carbonyl (C=O) groups is 1. The molecule has 0 radical (unpaired) electrons. The minimum atomic E-state index is -0.370. The molecule has 1 aliphatic heterocycles. The molecule has 9 nitrogen and oxygen atoms in total. The lowest BCUT2D eigenvalue weighted by molar-refractivity contribution is -0.0362. The Labute approximate surface area is 209 Å². The first kappa shape index (κ1) is 23.9. The average Bonchev–Trinajstić information content (AvgIpc) is 3.49. The van der Waals surface area contributed by atoms with Gasteiger partial charge < -0.3 is 19.5 Å². The molecular weight excluding hydrogens is 458 g/mol. The molecule has 36 heavy (non-hydrogen) atoms. The predicted octanol–water partition coefficient (Wildman–Crippen LogP) is 4.46. The molecule has 1 aliphatic rings. The van der Waals surface area contributed by atoms with Gasteiger partial charge in [0, 0.05) is 11.5 Å². The molecule has 5 rings (SSSR count). The van der Waals surface area contributed by atoms with Crippen LogP contribution >= 0.6 is 0 Å². The van der Waals surface area contributed by atoms with Crippen LogP contribution in [0.1, 0.15) is 48.0 Å². The number of carbonyl (C=O) groups excluding carboxylic acids is 1. The lowest BCUT2D eigenvalue weighted by Crippen LogP contribution is -2.26. The molecule has 186 valence electrons. The summed E-state index contributed by atoms with van der Waals surface area (Å²) in [5.74, 6) is 1.04. The Morgan fingerprint density at radius 1 is 1.11 bits per heavy atom. The predicted molar refractivity (Wildman–Crippen MR) is 134 cm³/mol. The van der Waals surface area contributed by atoms with Crippen LogP contribution < -0.4 is 10.1 Å². The SMILES string of the molecule is CC[C@H]1O[C@@H](c2cnc3c(NC(=O)c4ccccc4)ncnn23)[C@H](OCc2ccc(OC)cc2)[C@@H]1C. The van der Waals surface area contributed by atoms with Gasteiger partial charge >= 0.3 is 0 Å². The number of hydrogen-bond acceptors (Lipinski definition) is 7. The van der Waals surface area contributed by atoms with Gasteiger partial charge in [-0.3, -0.25) is 4.79 Å². The molecule has 2 aromatic carbocycles. The zero-order chi connectivity index (χ0) is 25.1. The van der Waals surface area contributed by atoms with Crippen molar-refractivity contribution in [3.8, 4) is 5.75 Å². The van der Waals surface area contributed by atoms with E-state index in [1.807, 2.05) is 42.5 Å². The van der Waals surface area contributed by atoms with E-state index in [0.29, 0.717) is 23.6 Å². The second-order valence-corrected chi connectivity index (χ2v) is 8.83. The highest BCUT2D eigenvalue weighted by molar-refractivity contribution is 6.05. The van der Waals surface area contributed by atoms with E-state index in [0.717, 1.165) is 23.4 Å². The van der Waals surface area contributed by atoms with E-state index in [2.05, 4.69) is 34.2 Å². The van der Waals surface area contributed by atoms with Crippen molar-refractivity contribution in [3.05, 3.63) is 83.9 Å². The van der Waals surface area contributed by atoms with E-state index in [1.54, 1.807) is 30.0 Å². The van der Waals surface area contributed by atoms with Crippen molar-refractivity contribution in [3.63, 3.8) is 0 Å². The van der Waals surface area contributed by atoms with Crippen LogP contribution in [-0.2, 0) is 16.1 Å². The van der Waals surface area contributed by atoms with Crippen LogP contribution in [0.2, 0.25) is 0 Å². The van der Waals surface area contributed by atoms with E-state index < -0.39 is 0 Å². The second-order valence-electron chi connectivity index (χ2n) is 8.83. The number of anilines is 1. The summed E-state index contributed by atoms with van der Waals surface area (Å²) >= 11 is 0. The maximum Gasteiger partial charge on any atom is 0.256 e. The molecule has 1 amide bonds. The summed E-state index contributed by atoms with van der Waals surface area (Å²) in [6.07, 6.45) is 3.47. The fourth-order valence-corrected chi connectivity index (χ4v) is 4.62. The van der Waals surface area contributed by atoms with E-state index in [-0.39, 0.29) is 30.1 Å². The number of aromatic nitrogens is 4. The summed E-state index contributed by atoms with van der Waals surface area (Å²) in [5, 5.41) is 7.26. The number of imidazole rings is 1. The van der Waals surface area contributed by atoms with Crippen molar-refractivity contribution in [2.45, 2.75) is 45.2 Å². The zero-order valence-electron chi connectivity index (χ0n) is 20.5. The number of methoxy groups -OCH3 is 1. The average molecular weight is 488 g/mol. The number of hydrogen-bond donors (Lipinski definition) is 1. The van der Waals surface area contributed by atoms with Gasteiger partial charge in [-0.15, -0.1) is 0 Å². The third-order valence-electron chi connectivity index (χ3n) is 6.62. The molecule has 0 aliphatic carbocycles. The topological polar surface area (TPSA) is 99.9 Å². The first-order valence-corrected chi connectivity index (χ1v) is 12.0. The normalized spacial score (nSPS) is 21.5. The molecule has 9 heteroatoms. The Balaban J connectivity index is 1.40. The maximum absolute atomic E-state index is 12.7. The zero-order valence-corrected chi connectivity index (χ0v) is 20.5. The van der Waals surface area contributed by atoms with Crippen molar-refractivity contribution in [2.75, 3.05) is 12.4 Å². The highest BCUT2D eigenvalue weighted by Crippen LogP contribution is 2.41. The number of rotatable bonds is 8. The van der Waals surface area contributed by atoms with Crippen molar-refractivity contribution >= 4 is 17.4 Å². The Morgan fingerprint density at radius 2 is 1.89 bits per heavy atom. The first-order valence-electron chi connectivity index (χ1n) is 12.0. The van der Waals surface area contributed by atoms with Crippen LogP contribution in [0.3, 0.4) is 0 Å². The molecule has 1 fully saturated rings. The molecule has 4 atom stereocenters. The number of fused-ring (bicyclic) bond motifs is 1. The van der Waals surface area contributed by atoms with Gasteiger partial charge in [-0.05, 0) is 36.2 Å². The molecular formula is C27H29N5O4. The fraction of sp³-hybridized carbons (Fsp3) is 0.333. The Bertz CT molecular complexity index is 1330. The second kappa shape index (κ2) is 10.4. The molecule has 0 spiro atoms. The molecule has 2 aromatic heterocycles. The smallest absolute Gasteiger partial charge is 0.256 e. The van der Waals surface area contributed by atoms with E-state index in [1.165, 1.54) is 6.33 Å². The number of ether oxygens (including phenoxy) is 3. The third-order valence-corrected chi connectivity index (χ3v) is 6.62. The largest absolute Gasteiger partial charge is 0.497 e. The lowest BCUT2D eigenvalue weighted by Gasteiger charge is -2.21. The van der Waals surface area contributed by atoms with Crippen molar-refractivity contribution in [1.29, 1.82) is 0 Å². The van der Waals surface area contributed by atoms with Gasteiger partial charge in [-0.25, -0.2) is 14.5 Å². The fourth-order valence-electron chi connectivity index (χ4n) is 4.62. The van der Waals surface area contributed by atoms with E-state index >= 15 is 0 Å². The molecule has 1 saturated heterocycles. The maximum atomic E-state index is 12.7. The highest BCUT2D eigenvalue weighted by Gasteiger charge is 2.44. The van der Waals surface area contributed by atoms with Gasteiger partial charge in [0.2, 0.25) is 0 Å². The summed E-state index contributed by atoms with van der Waals surface area (Å²) in [5.41, 5.74) is 2.78.